The number of benzene rings is 2. The van der Waals surface area contributed by atoms with Gasteiger partial charge >= 0.3 is 13.7 Å². The van der Waals surface area contributed by atoms with Crippen LogP contribution in [0.5, 0.6) is 5.75 Å². The normalized spacial score (nSPS) is 10.8. The predicted octanol–water partition coefficient (Wildman–Crippen LogP) is 5.32. The highest BCUT2D eigenvalue weighted by molar-refractivity contribution is 9.18. The average molecular weight is 719 g/mol. The summed E-state index contributed by atoms with van der Waals surface area (Å²) in [5.74, 6) is 0.703. The summed E-state index contributed by atoms with van der Waals surface area (Å²) >= 11 is 2.85. The van der Waals surface area contributed by atoms with Crippen LogP contribution in [0, 0.1) is 5.41 Å². The molecule has 0 spiro atoms. The number of carbonyl (C=O) groups is 1. The van der Waals surface area contributed by atoms with Crippen LogP contribution < -0.4 is 21.7 Å². The van der Waals surface area contributed by atoms with Crippen LogP contribution in [0.2, 0.25) is 0 Å². The third-order valence-electron chi connectivity index (χ3n) is 3.76. The molecule has 0 saturated heterocycles. The van der Waals surface area contributed by atoms with Gasteiger partial charge in [-0.3, -0.25) is 10.2 Å². The number of alkyl halides is 2. The van der Waals surface area contributed by atoms with Crippen molar-refractivity contribution in [3.05, 3.63) is 78.0 Å². The van der Waals surface area contributed by atoms with E-state index in [1.54, 1.807) is 55.6 Å². The molecule has 39 heavy (non-hydrogen) atoms. The van der Waals surface area contributed by atoms with E-state index in [-0.39, 0.29) is 14.0 Å². The highest BCUT2D eigenvalue weighted by atomic mass is 79.9. The number of nitrogens with two attached hydrogens (primary N) is 2. The van der Waals surface area contributed by atoms with Gasteiger partial charge in [0.1, 0.15) is 12.0 Å². The monoisotopic (exact) mass is 718 g/mol. The lowest BCUT2D eigenvalue weighted by Gasteiger charge is -2.06. The molecule has 2 rings (SSSR count). The maximum atomic E-state index is 11.7. The first kappa shape index (κ1) is 40.4. The van der Waals surface area contributed by atoms with Gasteiger partial charge in [-0.05, 0) is 71.4 Å². The molecule has 0 radical (unpaired) electrons. The summed E-state index contributed by atoms with van der Waals surface area (Å²) in [5, 5.41) is 24.0. The Morgan fingerprint density at radius 2 is 1.62 bits per heavy atom. The summed E-state index contributed by atoms with van der Waals surface area (Å²) in [4.78, 5) is 13.2. The van der Waals surface area contributed by atoms with Crippen molar-refractivity contribution in [2.75, 3.05) is 7.11 Å². The molecule has 0 aromatic heterocycles. The summed E-state index contributed by atoms with van der Waals surface area (Å²) in [5.41, 5.74) is 12.4. The highest BCUT2D eigenvalue weighted by Gasteiger charge is 2.09. The standard InChI is InChI=1S/C11H10F2N2O.C7H9BO3.C3H5BrN2.H8P6/c12-11(13)15-6-5-10(14)9-3-1-8(7-16)2-4-9;1-11-7-4-2-6(3-5-7)8(9)10;4-3(6)1-2-5;1-5(2)6(3)4/h1-7,11H,14H2;2-5,9-10H,1H3;1-2,6H,5H2;1-4H2/b;;2-1-,6-3?;. The number of nitrogens with zero attached hydrogens (tertiary/aromatic N) is 1. The first-order valence-electron chi connectivity index (χ1n) is 10.3. The first-order valence-corrected chi connectivity index (χ1v) is 21.0. The molecule has 0 fully saturated rings. The van der Waals surface area contributed by atoms with E-state index in [9.17, 15) is 13.6 Å². The van der Waals surface area contributed by atoms with E-state index >= 15 is 0 Å². The van der Waals surface area contributed by atoms with Crippen molar-refractivity contribution in [2.24, 2.45) is 16.5 Å². The van der Waals surface area contributed by atoms with E-state index in [2.05, 4.69) is 56.6 Å². The molecule has 0 aliphatic heterocycles. The van der Waals surface area contributed by atoms with Gasteiger partial charge in [0.25, 0.3) is 0 Å². The van der Waals surface area contributed by atoms with Gasteiger partial charge in [0.15, 0.2) is 0 Å². The molecule has 0 aliphatic rings. The number of allylic oxidation sites excluding steroid dienone is 2. The Morgan fingerprint density at radius 1 is 1.10 bits per heavy atom. The zero-order chi connectivity index (χ0) is 30.4. The Morgan fingerprint density at radius 3 is 1.92 bits per heavy atom. The molecule has 2 aromatic rings. The van der Waals surface area contributed by atoms with Gasteiger partial charge in [0.05, 0.1) is 11.7 Å². The summed E-state index contributed by atoms with van der Waals surface area (Å²) in [6.07, 6.45) is 5.69. The second kappa shape index (κ2) is 25.0. The molecule has 4 atom stereocenters. The third-order valence-corrected chi connectivity index (χ3v) is 25.4. The van der Waals surface area contributed by atoms with Crippen molar-refractivity contribution in [3.8, 4) is 5.75 Å². The number of aliphatic imine (C=N–C) groups is 1. The molecule has 18 heteroatoms. The van der Waals surface area contributed by atoms with E-state index in [4.69, 9.17) is 31.7 Å². The Balaban J connectivity index is 0. The Kier molecular flexibility index (Phi) is 25.9. The number of hydrogen-bond acceptors (Lipinski definition) is 8. The van der Waals surface area contributed by atoms with E-state index in [1.807, 2.05) is 0 Å². The number of ether oxygens (including phenoxy) is 1. The third kappa shape index (κ3) is 23.6. The van der Waals surface area contributed by atoms with E-state index < -0.39 is 13.7 Å². The summed E-state index contributed by atoms with van der Waals surface area (Å²) in [7, 11) is 11.3. The van der Waals surface area contributed by atoms with E-state index in [0.29, 0.717) is 38.9 Å². The molecule has 8 nitrogen and oxygen atoms in total. The van der Waals surface area contributed by atoms with Gasteiger partial charge in [-0.15, -0.1) is 35.7 Å². The maximum Gasteiger partial charge on any atom is 0.488 e. The smallest absolute Gasteiger partial charge is 0.488 e. The number of carbonyl (C=O) groups excluding carboxylic acids is 1. The first-order chi connectivity index (χ1) is 18.3. The van der Waals surface area contributed by atoms with E-state index in [1.165, 1.54) is 18.4 Å². The maximum absolute atomic E-state index is 11.7. The van der Waals surface area contributed by atoms with Crippen LogP contribution in [0.4, 0.5) is 8.78 Å². The second-order valence-electron chi connectivity index (χ2n) is 6.55. The number of rotatable bonds is 8. The number of methoxy groups -OCH3 is 1. The Hall–Kier alpha value is -0.765. The second-order valence-corrected chi connectivity index (χ2v) is 27.2. The van der Waals surface area contributed by atoms with Crippen LogP contribution in [-0.2, 0) is 0 Å². The summed E-state index contributed by atoms with van der Waals surface area (Å²) in [6.45, 7) is -2.41. The molecule has 0 amide bonds. The fourth-order valence-electron chi connectivity index (χ4n) is 1.90. The SMILES string of the molecule is COc1ccc(B(O)O)cc1.N=C(Br)/C=C\N.NC(=CC=NC(F)F)c1ccc(C=O)cc1.PP(P)P(P)P. The fraction of sp³-hybridized carbons (Fsp3) is 0.0952. The zero-order valence-electron chi connectivity index (χ0n) is 20.8. The number of halogens is 3. The molecule has 7 N–H and O–H groups in total. The van der Waals surface area contributed by atoms with Gasteiger partial charge < -0.3 is 26.3 Å². The lowest BCUT2D eigenvalue weighted by atomic mass is 9.80. The largest absolute Gasteiger partial charge is 0.497 e. The Labute approximate surface area is 247 Å². The van der Waals surface area contributed by atoms with Gasteiger partial charge in [-0.25, -0.2) is 4.99 Å². The van der Waals surface area contributed by atoms with Crippen LogP contribution >= 0.6 is 65.6 Å². The van der Waals surface area contributed by atoms with Crippen LogP contribution in [0.3, 0.4) is 0 Å². The molecule has 0 bridgehead atoms. The number of hydrogen-bond donors (Lipinski definition) is 5. The number of aldehydes is 1. The fourth-order valence-corrected chi connectivity index (χ4v) is 2.05. The van der Waals surface area contributed by atoms with E-state index in [0.717, 1.165) is 6.21 Å². The number of nitrogens with one attached hydrogen (secondary N) is 1. The van der Waals surface area contributed by atoms with Crippen molar-refractivity contribution in [1.82, 2.24) is 0 Å². The molecular weight excluding hydrogens is 687 g/mol. The van der Waals surface area contributed by atoms with Gasteiger partial charge in [0, 0.05) is 17.5 Å². The predicted molar refractivity (Wildman–Crippen MR) is 184 cm³/mol. The van der Waals surface area contributed by atoms with Crippen LogP contribution in [0.1, 0.15) is 15.9 Å². The molecule has 0 heterocycles. The molecular formula is C21H32BBrF2N4O4P6. The van der Waals surface area contributed by atoms with Crippen molar-refractivity contribution in [2.45, 2.75) is 6.55 Å². The van der Waals surface area contributed by atoms with Crippen molar-refractivity contribution in [3.63, 3.8) is 0 Å². The lowest BCUT2D eigenvalue weighted by molar-refractivity contribution is 0.112. The van der Waals surface area contributed by atoms with Crippen molar-refractivity contribution >= 4 is 101 Å². The quantitative estimate of drug-likeness (QED) is 0.0818. The van der Waals surface area contributed by atoms with Crippen LogP contribution in [0.15, 0.2) is 71.9 Å². The molecule has 214 valence electrons. The lowest BCUT2D eigenvalue weighted by Crippen LogP contribution is -2.29. The molecule has 0 aliphatic carbocycles. The van der Waals surface area contributed by atoms with Gasteiger partial charge in [-0.2, -0.15) is 8.78 Å². The molecule has 2 aromatic carbocycles. The van der Waals surface area contributed by atoms with Gasteiger partial charge in [-0.1, -0.05) is 36.4 Å². The topological polar surface area (TPSA) is 155 Å². The minimum atomic E-state index is -2.73. The summed E-state index contributed by atoms with van der Waals surface area (Å²) < 4.78 is 28.5. The average Bonchev–Trinajstić information content (AvgIpc) is 2.89. The van der Waals surface area contributed by atoms with Crippen molar-refractivity contribution in [1.29, 1.82) is 5.41 Å². The minimum absolute atomic E-state index is 0.165. The minimum Gasteiger partial charge on any atom is -0.497 e. The highest BCUT2D eigenvalue weighted by Crippen LogP contribution is 2.86. The molecule has 0 saturated carbocycles. The van der Waals surface area contributed by atoms with Crippen LogP contribution in [0.25, 0.3) is 5.70 Å². The Bertz CT molecular complexity index is 1050. The summed E-state index contributed by atoms with van der Waals surface area (Å²) in [6, 6.07) is 13.0. The van der Waals surface area contributed by atoms with Crippen molar-refractivity contribution < 1.29 is 28.4 Å². The van der Waals surface area contributed by atoms with Crippen LogP contribution in [-0.4, -0.2) is 47.9 Å². The van der Waals surface area contributed by atoms with Gasteiger partial charge in [0.2, 0.25) is 0 Å². The zero-order valence-corrected chi connectivity index (χ0v) is 28.8. The molecule has 4 unspecified atom stereocenters.